The standard InChI is InChI=1S/2C4H6O3S.Zn/c2*1-2-3-4-8(5,6)7;/h2*2-4H,1H2,(H,5,6,7);/q;;+2/p-2/b4-3+;4-3-;. The molecule has 0 spiro atoms. The minimum atomic E-state index is -4.19. The van der Waals surface area contributed by atoms with Crippen LogP contribution < -0.4 is 0 Å². The van der Waals surface area contributed by atoms with E-state index in [-0.39, 0.29) is 19.5 Å². The summed E-state index contributed by atoms with van der Waals surface area (Å²) in [5.74, 6) is 0. The Hall–Kier alpha value is -0.597. The Labute approximate surface area is 114 Å². The first-order valence-electron chi connectivity index (χ1n) is 3.62. The Bertz CT molecular complexity index is 426. The van der Waals surface area contributed by atoms with Crippen LogP contribution in [0.15, 0.2) is 48.3 Å². The Morgan fingerprint density at radius 1 is 0.765 bits per heavy atom. The van der Waals surface area contributed by atoms with Crippen LogP contribution in [0.2, 0.25) is 0 Å². The fourth-order valence-corrected chi connectivity index (χ4v) is 0.911. The molecular formula is C8H10O6S2Zn. The van der Waals surface area contributed by atoms with E-state index in [0.717, 1.165) is 12.2 Å². The molecule has 6 nitrogen and oxygen atoms in total. The number of allylic oxidation sites excluding steroid dienone is 4. The van der Waals surface area contributed by atoms with Gasteiger partial charge in [0.15, 0.2) is 0 Å². The first-order valence-corrected chi connectivity index (χ1v) is 6.56. The van der Waals surface area contributed by atoms with E-state index < -0.39 is 20.2 Å². The Morgan fingerprint density at radius 3 is 1.06 bits per heavy atom. The molecule has 0 aromatic carbocycles. The smallest absolute Gasteiger partial charge is 0.744 e. The SMILES string of the molecule is C=C/C=C/S(=O)(=O)[O-].C=C/C=C\S(=O)(=O)[O-].[Zn+2]. The summed E-state index contributed by atoms with van der Waals surface area (Å²) in [6, 6.07) is 0. The van der Waals surface area contributed by atoms with Crippen molar-refractivity contribution >= 4 is 20.2 Å². The summed E-state index contributed by atoms with van der Waals surface area (Å²) in [6.07, 6.45) is 4.58. The number of rotatable bonds is 4. The van der Waals surface area contributed by atoms with Gasteiger partial charge in [-0.15, -0.1) is 0 Å². The van der Waals surface area contributed by atoms with Gasteiger partial charge in [0.25, 0.3) is 0 Å². The monoisotopic (exact) mass is 330 g/mol. The first kappa shape index (κ1) is 21.7. The quantitative estimate of drug-likeness (QED) is 0.420. The van der Waals surface area contributed by atoms with Crippen LogP contribution >= 0.6 is 0 Å². The van der Waals surface area contributed by atoms with Gasteiger partial charge in [0.2, 0.25) is 0 Å². The first-order chi connectivity index (χ1) is 7.12. The van der Waals surface area contributed by atoms with Crippen molar-refractivity contribution in [1.82, 2.24) is 0 Å². The maximum absolute atomic E-state index is 9.70. The Kier molecular flexibility index (Phi) is 13.4. The molecule has 0 amide bonds. The summed E-state index contributed by atoms with van der Waals surface area (Å²) < 4.78 is 58.2. The molecule has 0 aromatic rings. The molecule has 0 saturated heterocycles. The molecule has 0 saturated carbocycles. The summed E-state index contributed by atoms with van der Waals surface area (Å²) >= 11 is 0. The minimum Gasteiger partial charge on any atom is -0.744 e. The van der Waals surface area contributed by atoms with Crippen LogP contribution in [0.5, 0.6) is 0 Å². The predicted octanol–water partition coefficient (Wildman–Crippen LogP) is 0.460. The van der Waals surface area contributed by atoms with Crippen LogP contribution in [0, 0.1) is 0 Å². The van der Waals surface area contributed by atoms with Gasteiger partial charge in [0, 0.05) is 10.8 Å². The minimum absolute atomic E-state index is 0. The van der Waals surface area contributed by atoms with Crippen LogP contribution in [0.1, 0.15) is 0 Å². The second-order valence-electron chi connectivity index (χ2n) is 2.11. The van der Waals surface area contributed by atoms with Crippen molar-refractivity contribution in [3.8, 4) is 0 Å². The zero-order chi connectivity index (χ0) is 13.2. The van der Waals surface area contributed by atoms with Gasteiger partial charge in [-0.2, -0.15) is 0 Å². The van der Waals surface area contributed by atoms with Gasteiger partial charge < -0.3 is 9.11 Å². The van der Waals surface area contributed by atoms with Gasteiger partial charge in [-0.3, -0.25) is 0 Å². The molecule has 9 heteroatoms. The molecule has 0 aromatic heterocycles. The number of hydrogen-bond donors (Lipinski definition) is 0. The molecule has 0 radical (unpaired) electrons. The predicted molar refractivity (Wildman–Crippen MR) is 58.1 cm³/mol. The molecule has 0 atom stereocenters. The van der Waals surface area contributed by atoms with E-state index in [1.54, 1.807) is 0 Å². The summed E-state index contributed by atoms with van der Waals surface area (Å²) in [7, 11) is -8.38. The zero-order valence-electron chi connectivity index (χ0n) is 8.85. The summed E-state index contributed by atoms with van der Waals surface area (Å²) in [4.78, 5) is 0. The average Bonchev–Trinajstić information content (AvgIpc) is 2.10. The van der Waals surface area contributed by atoms with Crippen molar-refractivity contribution in [2.24, 2.45) is 0 Å². The second kappa shape index (κ2) is 10.6. The molecule has 0 bridgehead atoms. The number of hydrogen-bond acceptors (Lipinski definition) is 6. The molecule has 0 unspecified atom stereocenters. The van der Waals surface area contributed by atoms with Crippen LogP contribution in [0.3, 0.4) is 0 Å². The maximum atomic E-state index is 9.70. The molecule has 0 fully saturated rings. The topological polar surface area (TPSA) is 114 Å². The summed E-state index contributed by atoms with van der Waals surface area (Å²) in [5, 5.41) is 1.08. The summed E-state index contributed by atoms with van der Waals surface area (Å²) in [5.41, 5.74) is 0. The second-order valence-corrected chi connectivity index (χ2v) is 4.63. The fourth-order valence-electron chi connectivity index (χ4n) is 0.304. The molecule has 0 N–H and O–H groups in total. The molecule has 17 heavy (non-hydrogen) atoms. The molecular weight excluding hydrogens is 322 g/mol. The molecule has 0 heterocycles. The molecule has 0 rings (SSSR count). The average molecular weight is 332 g/mol. The fraction of sp³-hybridized carbons (Fsp3) is 0. The van der Waals surface area contributed by atoms with Crippen LogP contribution in [0.25, 0.3) is 0 Å². The van der Waals surface area contributed by atoms with E-state index in [0.29, 0.717) is 10.8 Å². The van der Waals surface area contributed by atoms with Crippen molar-refractivity contribution in [3.05, 3.63) is 48.3 Å². The van der Waals surface area contributed by atoms with Gasteiger partial charge in [-0.25, -0.2) is 16.8 Å². The van der Waals surface area contributed by atoms with Gasteiger partial charge in [-0.1, -0.05) is 37.5 Å². The van der Waals surface area contributed by atoms with Crippen molar-refractivity contribution in [1.29, 1.82) is 0 Å². The van der Waals surface area contributed by atoms with E-state index in [1.165, 1.54) is 12.2 Å². The van der Waals surface area contributed by atoms with Crippen LogP contribution in [0.4, 0.5) is 0 Å². The van der Waals surface area contributed by atoms with Crippen LogP contribution in [-0.2, 0) is 39.7 Å². The van der Waals surface area contributed by atoms with Crippen molar-refractivity contribution in [3.63, 3.8) is 0 Å². The third-order valence-corrected chi connectivity index (χ3v) is 1.74. The van der Waals surface area contributed by atoms with Crippen molar-refractivity contribution in [2.75, 3.05) is 0 Å². The third-order valence-electron chi connectivity index (χ3n) is 0.763. The molecule has 0 aliphatic rings. The van der Waals surface area contributed by atoms with E-state index in [2.05, 4.69) is 13.2 Å². The van der Waals surface area contributed by atoms with E-state index in [4.69, 9.17) is 0 Å². The van der Waals surface area contributed by atoms with Gasteiger partial charge in [0.1, 0.15) is 20.2 Å². The molecule has 0 aliphatic carbocycles. The maximum Gasteiger partial charge on any atom is 2.00 e. The molecule has 0 aliphatic heterocycles. The third kappa shape index (κ3) is 31.3. The Balaban J connectivity index is -0.000000218. The van der Waals surface area contributed by atoms with Gasteiger partial charge in [0.05, 0.1) is 0 Å². The van der Waals surface area contributed by atoms with Crippen molar-refractivity contribution < 1.29 is 45.4 Å². The van der Waals surface area contributed by atoms with E-state index in [9.17, 15) is 25.9 Å². The van der Waals surface area contributed by atoms with E-state index >= 15 is 0 Å². The van der Waals surface area contributed by atoms with Crippen LogP contribution in [-0.4, -0.2) is 25.9 Å². The zero-order valence-corrected chi connectivity index (χ0v) is 13.5. The largest absolute Gasteiger partial charge is 2.00 e. The normalized spacial score (nSPS) is 11.4. The summed E-state index contributed by atoms with van der Waals surface area (Å²) in [6.45, 7) is 6.35. The Morgan fingerprint density at radius 2 is 1.00 bits per heavy atom. The van der Waals surface area contributed by atoms with Crippen molar-refractivity contribution in [2.45, 2.75) is 0 Å². The molecule has 92 valence electrons. The van der Waals surface area contributed by atoms with E-state index in [1.807, 2.05) is 0 Å². The van der Waals surface area contributed by atoms with Gasteiger partial charge >= 0.3 is 19.5 Å². The van der Waals surface area contributed by atoms with Gasteiger partial charge in [-0.05, 0) is 0 Å².